The van der Waals surface area contributed by atoms with Crippen LogP contribution in [0.2, 0.25) is 0 Å². The SMILES string of the molecule is CCN(CC)CCNCCOc1ccc(-c2nnc3c(n2)c(=O)n(C)c(=O)n3C)cc1. The Morgan fingerprint density at radius 2 is 1.71 bits per heavy atom. The van der Waals surface area contributed by atoms with Crippen molar-refractivity contribution in [3.8, 4) is 17.1 Å². The fourth-order valence-corrected chi connectivity index (χ4v) is 3.22. The van der Waals surface area contributed by atoms with Crippen molar-refractivity contribution in [2.75, 3.05) is 39.3 Å². The number of ether oxygens (including phenoxy) is 1. The second kappa shape index (κ2) is 10.3. The van der Waals surface area contributed by atoms with E-state index in [0.717, 1.165) is 43.0 Å². The number of aryl methyl sites for hydroxylation is 1. The van der Waals surface area contributed by atoms with Gasteiger partial charge in [0.2, 0.25) is 0 Å². The number of hydrogen-bond donors (Lipinski definition) is 1. The van der Waals surface area contributed by atoms with E-state index < -0.39 is 11.2 Å². The van der Waals surface area contributed by atoms with Gasteiger partial charge in [0, 0.05) is 39.3 Å². The van der Waals surface area contributed by atoms with Crippen molar-refractivity contribution in [3.05, 3.63) is 45.1 Å². The number of nitrogens with one attached hydrogen (secondary N) is 1. The van der Waals surface area contributed by atoms with E-state index >= 15 is 0 Å². The molecule has 0 amide bonds. The smallest absolute Gasteiger partial charge is 0.332 e. The van der Waals surface area contributed by atoms with Crippen LogP contribution >= 0.6 is 0 Å². The Balaban J connectivity index is 1.62. The molecule has 2 heterocycles. The zero-order valence-electron chi connectivity index (χ0n) is 18.5. The molecule has 0 aliphatic rings. The molecule has 0 aliphatic carbocycles. The molecule has 10 nitrogen and oxygen atoms in total. The minimum atomic E-state index is -0.498. The van der Waals surface area contributed by atoms with E-state index in [1.807, 2.05) is 24.3 Å². The van der Waals surface area contributed by atoms with Crippen molar-refractivity contribution >= 4 is 11.2 Å². The van der Waals surface area contributed by atoms with E-state index in [0.29, 0.717) is 18.0 Å². The first kappa shape index (κ1) is 22.6. The van der Waals surface area contributed by atoms with Gasteiger partial charge in [0.15, 0.2) is 17.0 Å². The van der Waals surface area contributed by atoms with Crippen molar-refractivity contribution in [2.24, 2.45) is 14.1 Å². The summed E-state index contributed by atoms with van der Waals surface area (Å²) < 4.78 is 8.03. The van der Waals surface area contributed by atoms with Gasteiger partial charge in [-0.2, -0.15) is 0 Å². The maximum absolute atomic E-state index is 12.4. The predicted molar refractivity (Wildman–Crippen MR) is 119 cm³/mol. The summed E-state index contributed by atoms with van der Waals surface area (Å²) in [6.45, 7) is 9.74. The van der Waals surface area contributed by atoms with Crippen LogP contribution in [0.25, 0.3) is 22.6 Å². The molecule has 0 radical (unpaired) electrons. The van der Waals surface area contributed by atoms with E-state index in [-0.39, 0.29) is 11.2 Å². The first-order chi connectivity index (χ1) is 15.0. The lowest BCUT2D eigenvalue weighted by Gasteiger charge is -2.18. The Morgan fingerprint density at radius 3 is 2.39 bits per heavy atom. The molecule has 10 heteroatoms. The molecule has 31 heavy (non-hydrogen) atoms. The summed E-state index contributed by atoms with van der Waals surface area (Å²) >= 11 is 0. The maximum atomic E-state index is 12.4. The summed E-state index contributed by atoms with van der Waals surface area (Å²) in [4.78, 5) is 31.1. The fourth-order valence-electron chi connectivity index (χ4n) is 3.22. The number of likely N-dealkylation sites (N-methyl/N-ethyl adjacent to an activating group) is 1. The molecule has 0 fully saturated rings. The number of benzene rings is 1. The first-order valence-electron chi connectivity index (χ1n) is 10.4. The lowest BCUT2D eigenvalue weighted by molar-refractivity contribution is 0.285. The van der Waals surface area contributed by atoms with Gasteiger partial charge in [0.05, 0.1) is 0 Å². The molecule has 0 atom stereocenters. The average molecular weight is 428 g/mol. The van der Waals surface area contributed by atoms with Crippen LogP contribution in [0, 0.1) is 0 Å². The van der Waals surface area contributed by atoms with Crippen molar-refractivity contribution < 1.29 is 4.74 Å². The summed E-state index contributed by atoms with van der Waals surface area (Å²) in [5.41, 5.74) is -0.000827. The molecule has 0 bridgehead atoms. The molecule has 1 aromatic carbocycles. The summed E-state index contributed by atoms with van der Waals surface area (Å²) in [5.74, 6) is 1.05. The van der Waals surface area contributed by atoms with Crippen LogP contribution in [0.4, 0.5) is 0 Å². The van der Waals surface area contributed by atoms with Crippen LogP contribution in [0.5, 0.6) is 5.75 Å². The molecule has 2 aromatic heterocycles. The van der Waals surface area contributed by atoms with Crippen LogP contribution in [0.15, 0.2) is 33.9 Å². The highest BCUT2D eigenvalue weighted by Gasteiger charge is 2.13. The highest BCUT2D eigenvalue weighted by Crippen LogP contribution is 2.19. The lowest BCUT2D eigenvalue weighted by Crippen LogP contribution is -2.38. The second-order valence-electron chi connectivity index (χ2n) is 7.16. The molecule has 1 N–H and O–H groups in total. The Kier molecular flexibility index (Phi) is 7.48. The third-order valence-corrected chi connectivity index (χ3v) is 5.23. The van der Waals surface area contributed by atoms with Crippen LogP contribution in [0.3, 0.4) is 0 Å². The highest BCUT2D eigenvalue weighted by molar-refractivity contribution is 5.71. The molecular weight excluding hydrogens is 398 g/mol. The Bertz CT molecular complexity index is 1130. The van der Waals surface area contributed by atoms with E-state index in [4.69, 9.17) is 4.74 Å². The molecule has 0 saturated carbocycles. The highest BCUT2D eigenvalue weighted by atomic mass is 16.5. The summed E-state index contributed by atoms with van der Waals surface area (Å²) in [5, 5.41) is 11.5. The van der Waals surface area contributed by atoms with E-state index in [1.54, 1.807) is 0 Å². The first-order valence-corrected chi connectivity index (χ1v) is 10.4. The second-order valence-corrected chi connectivity index (χ2v) is 7.16. The van der Waals surface area contributed by atoms with Gasteiger partial charge in [-0.3, -0.25) is 13.9 Å². The molecule has 3 aromatic rings. The van der Waals surface area contributed by atoms with Crippen molar-refractivity contribution in [1.82, 2.24) is 34.5 Å². The molecular formula is C21H29N7O3. The van der Waals surface area contributed by atoms with Crippen molar-refractivity contribution in [2.45, 2.75) is 13.8 Å². The van der Waals surface area contributed by atoms with Crippen LogP contribution in [-0.2, 0) is 14.1 Å². The van der Waals surface area contributed by atoms with Gasteiger partial charge < -0.3 is 15.0 Å². The van der Waals surface area contributed by atoms with Gasteiger partial charge in [0.25, 0.3) is 5.56 Å². The number of hydrogen-bond acceptors (Lipinski definition) is 8. The molecule has 0 unspecified atom stereocenters. The predicted octanol–water partition coefficient (Wildman–Crippen LogP) is 0.399. The molecule has 3 rings (SSSR count). The third-order valence-electron chi connectivity index (χ3n) is 5.23. The zero-order chi connectivity index (χ0) is 22.4. The lowest BCUT2D eigenvalue weighted by atomic mass is 10.2. The number of rotatable bonds is 10. The topological polar surface area (TPSA) is 107 Å². The van der Waals surface area contributed by atoms with Crippen LogP contribution in [0.1, 0.15) is 13.8 Å². The fraction of sp³-hybridized carbons (Fsp3) is 0.476. The van der Waals surface area contributed by atoms with E-state index in [9.17, 15) is 9.59 Å². The Morgan fingerprint density at radius 1 is 1.00 bits per heavy atom. The summed E-state index contributed by atoms with van der Waals surface area (Å²) in [6, 6.07) is 7.30. The zero-order valence-corrected chi connectivity index (χ0v) is 18.5. The number of aromatic nitrogens is 5. The van der Waals surface area contributed by atoms with Gasteiger partial charge in [-0.15, -0.1) is 10.2 Å². The quantitative estimate of drug-likeness (QED) is 0.464. The monoisotopic (exact) mass is 427 g/mol. The minimum Gasteiger partial charge on any atom is -0.492 e. The third kappa shape index (κ3) is 5.15. The van der Waals surface area contributed by atoms with Gasteiger partial charge in [-0.25, -0.2) is 9.78 Å². The minimum absolute atomic E-state index is 0.103. The van der Waals surface area contributed by atoms with Gasteiger partial charge in [0.1, 0.15) is 12.4 Å². The summed E-state index contributed by atoms with van der Waals surface area (Å²) in [7, 11) is 2.95. The molecule has 0 spiro atoms. The largest absolute Gasteiger partial charge is 0.492 e. The summed E-state index contributed by atoms with van der Waals surface area (Å²) in [6.07, 6.45) is 0. The molecule has 166 valence electrons. The average Bonchev–Trinajstić information content (AvgIpc) is 2.81. The van der Waals surface area contributed by atoms with Gasteiger partial charge in [-0.1, -0.05) is 13.8 Å². The van der Waals surface area contributed by atoms with Gasteiger partial charge in [-0.05, 0) is 37.4 Å². The number of nitrogens with zero attached hydrogens (tertiary/aromatic N) is 6. The Labute approximate surface area is 180 Å². The molecule has 0 saturated heterocycles. The normalized spacial score (nSPS) is 11.4. The molecule has 0 aliphatic heterocycles. The van der Waals surface area contributed by atoms with E-state index in [2.05, 4.69) is 39.2 Å². The van der Waals surface area contributed by atoms with Crippen molar-refractivity contribution in [1.29, 1.82) is 0 Å². The van der Waals surface area contributed by atoms with E-state index in [1.165, 1.54) is 18.7 Å². The Hall–Kier alpha value is -3.11. The van der Waals surface area contributed by atoms with Crippen LogP contribution < -0.4 is 21.3 Å². The van der Waals surface area contributed by atoms with Gasteiger partial charge >= 0.3 is 5.69 Å². The van der Waals surface area contributed by atoms with Crippen LogP contribution in [-0.4, -0.2) is 68.5 Å². The maximum Gasteiger partial charge on any atom is 0.332 e. The van der Waals surface area contributed by atoms with Crippen molar-refractivity contribution in [3.63, 3.8) is 0 Å². The number of fused-ring (bicyclic) bond motifs is 1. The standard InChI is InChI=1S/C21H29N7O3/c1-5-28(6-2)13-11-22-12-14-31-16-9-7-15(8-10-16)18-23-17-19(25-24-18)26(3)21(30)27(4)20(17)29/h7-10,22H,5-6,11-14H2,1-4H3.